The lowest BCUT2D eigenvalue weighted by Gasteiger charge is -2.22. The van der Waals surface area contributed by atoms with Crippen LogP contribution in [-0.2, 0) is 6.54 Å². The maximum absolute atomic E-state index is 13.1. The molecule has 1 unspecified atom stereocenters. The van der Waals surface area contributed by atoms with E-state index in [-0.39, 0.29) is 18.5 Å². The molecule has 0 saturated heterocycles. The molecule has 0 fully saturated rings. The Hall–Kier alpha value is -0.930. The molecule has 0 aliphatic rings. The Morgan fingerprint density at radius 1 is 1.35 bits per heavy atom. The molecule has 3 heteroatoms. The largest absolute Gasteiger partial charge is 0.396 e. The highest BCUT2D eigenvalue weighted by Crippen LogP contribution is 2.12. The molecule has 0 aromatic heterocycles. The summed E-state index contributed by atoms with van der Waals surface area (Å²) >= 11 is 0. The summed E-state index contributed by atoms with van der Waals surface area (Å²) in [5.41, 5.74) is 2.07. The fraction of sp³-hybridized carbons (Fsp3) is 0.571. The summed E-state index contributed by atoms with van der Waals surface area (Å²) in [6.45, 7) is 7.04. The monoisotopic (exact) mass is 239 g/mol. The van der Waals surface area contributed by atoms with Gasteiger partial charge in [0.15, 0.2) is 0 Å². The molecule has 1 aromatic rings. The second kappa shape index (κ2) is 6.72. The highest BCUT2D eigenvalue weighted by molar-refractivity contribution is 5.26. The predicted molar refractivity (Wildman–Crippen MR) is 68.3 cm³/mol. The second-order valence-corrected chi connectivity index (χ2v) is 4.81. The van der Waals surface area contributed by atoms with E-state index in [9.17, 15) is 4.39 Å². The van der Waals surface area contributed by atoms with Crippen molar-refractivity contribution in [1.29, 1.82) is 0 Å². The lowest BCUT2D eigenvalue weighted by molar-refractivity contribution is 0.243. The van der Waals surface area contributed by atoms with Crippen LogP contribution in [0.4, 0.5) is 4.39 Å². The third-order valence-corrected chi connectivity index (χ3v) is 3.11. The van der Waals surface area contributed by atoms with Crippen LogP contribution >= 0.6 is 0 Å². The lowest BCUT2D eigenvalue weighted by Crippen LogP contribution is -2.34. The van der Waals surface area contributed by atoms with E-state index < -0.39 is 0 Å². The van der Waals surface area contributed by atoms with Crippen LogP contribution in [0.1, 0.15) is 31.4 Å². The molecule has 0 bridgehead atoms. The summed E-state index contributed by atoms with van der Waals surface area (Å²) in [5.74, 6) is 0.256. The van der Waals surface area contributed by atoms with Gasteiger partial charge in [0.2, 0.25) is 0 Å². The number of nitrogens with one attached hydrogen (secondary N) is 1. The van der Waals surface area contributed by atoms with E-state index in [0.29, 0.717) is 12.5 Å². The Balaban J connectivity index is 2.61. The fourth-order valence-electron chi connectivity index (χ4n) is 1.88. The maximum Gasteiger partial charge on any atom is 0.123 e. The molecule has 0 aliphatic heterocycles. The molecule has 1 rings (SSSR count). The van der Waals surface area contributed by atoms with Crippen LogP contribution in [0, 0.1) is 18.7 Å². The summed E-state index contributed by atoms with van der Waals surface area (Å²) in [6.07, 6.45) is 0.728. The number of hydrogen-bond acceptors (Lipinski definition) is 2. The van der Waals surface area contributed by atoms with Gasteiger partial charge in [0, 0.05) is 19.2 Å². The second-order valence-electron chi connectivity index (χ2n) is 4.81. The maximum atomic E-state index is 13.1. The number of hydrogen-bond donors (Lipinski definition) is 2. The number of rotatable bonds is 6. The van der Waals surface area contributed by atoms with Crippen molar-refractivity contribution in [3.05, 3.63) is 35.1 Å². The first kappa shape index (κ1) is 14.1. The molecular formula is C14H22FNO. The Morgan fingerprint density at radius 3 is 2.65 bits per heavy atom. The van der Waals surface area contributed by atoms with Crippen molar-refractivity contribution >= 4 is 0 Å². The standard InChI is InChI=1S/C14H22FNO/c1-10(2)14(6-7-17)16-9-12-8-13(15)5-4-11(12)3/h4-5,8,10,14,16-17H,6-7,9H2,1-3H3. The van der Waals surface area contributed by atoms with Gasteiger partial charge in [-0.2, -0.15) is 0 Å². The van der Waals surface area contributed by atoms with Gasteiger partial charge in [-0.3, -0.25) is 0 Å². The molecule has 96 valence electrons. The van der Waals surface area contributed by atoms with E-state index in [1.165, 1.54) is 6.07 Å². The van der Waals surface area contributed by atoms with Gasteiger partial charge in [-0.05, 0) is 42.5 Å². The van der Waals surface area contributed by atoms with Gasteiger partial charge in [-0.25, -0.2) is 4.39 Å². The molecule has 0 amide bonds. The van der Waals surface area contributed by atoms with Crippen LogP contribution in [0.2, 0.25) is 0 Å². The summed E-state index contributed by atoms with van der Waals surface area (Å²) in [6, 6.07) is 5.11. The van der Waals surface area contributed by atoms with Crippen molar-refractivity contribution in [2.75, 3.05) is 6.61 Å². The zero-order valence-electron chi connectivity index (χ0n) is 10.8. The van der Waals surface area contributed by atoms with Crippen molar-refractivity contribution in [3.63, 3.8) is 0 Å². The molecule has 0 aliphatic carbocycles. The molecule has 1 atom stereocenters. The molecule has 2 N–H and O–H groups in total. The third kappa shape index (κ3) is 4.44. The highest BCUT2D eigenvalue weighted by Gasteiger charge is 2.12. The fourth-order valence-corrected chi connectivity index (χ4v) is 1.88. The van der Waals surface area contributed by atoms with Crippen LogP contribution < -0.4 is 5.32 Å². The number of aliphatic hydroxyl groups excluding tert-OH is 1. The first-order chi connectivity index (χ1) is 8.04. The Bertz CT molecular complexity index is 352. The Kier molecular flexibility index (Phi) is 5.59. The molecule has 0 saturated carbocycles. The van der Waals surface area contributed by atoms with E-state index in [1.807, 2.05) is 6.92 Å². The Morgan fingerprint density at radius 2 is 2.06 bits per heavy atom. The molecule has 1 aromatic carbocycles. The molecule has 0 radical (unpaired) electrons. The number of aliphatic hydroxyl groups is 1. The zero-order chi connectivity index (χ0) is 12.8. The molecular weight excluding hydrogens is 217 g/mol. The number of halogens is 1. The number of benzene rings is 1. The summed E-state index contributed by atoms with van der Waals surface area (Å²) in [5, 5.41) is 12.4. The summed E-state index contributed by atoms with van der Waals surface area (Å²) < 4.78 is 13.1. The molecule has 17 heavy (non-hydrogen) atoms. The molecule has 0 heterocycles. The number of aryl methyl sites for hydroxylation is 1. The van der Waals surface area contributed by atoms with Gasteiger partial charge in [-0.1, -0.05) is 19.9 Å². The van der Waals surface area contributed by atoms with Gasteiger partial charge >= 0.3 is 0 Å². The minimum Gasteiger partial charge on any atom is -0.396 e. The third-order valence-electron chi connectivity index (χ3n) is 3.11. The topological polar surface area (TPSA) is 32.3 Å². The van der Waals surface area contributed by atoms with E-state index in [1.54, 1.807) is 12.1 Å². The van der Waals surface area contributed by atoms with E-state index in [2.05, 4.69) is 19.2 Å². The molecule has 0 spiro atoms. The van der Waals surface area contributed by atoms with Crippen LogP contribution in [0.3, 0.4) is 0 Å². The smallest absolute Gasteiger partial charge is 0.123 e. The first-order valence-electron chi connectivity index (χ1n) is 6.14. The Labute approximate surface area is 103 Å². The van der Waals surface area contributed by atoms with Gasteiger partial charge in [0.05, 0.1) is 0 Å². The average Bonchev–Trinajstić information content (AvgIpc) is 2.28. The summed E-state index contributed by atoms with van der Waals surface area (Å²) in [4.78, 5) is 0. The minimum absolute atomic E-state index is 0.179. The van der Waals surface area contributed by atoms with Crippen molar-refractivity contribution in [1.82, 2.24) is 5.32 Å². The van der Waals surface area contributed by atoms with E-state index in [0.717, 1.165) is 17.5 Å². The van der Waals surface area contributed by atoms with Crippen LogP contribution in [0.5, 0.6) is 0 Å². The quantitative estimate of drug-likeness (QED) is 0.800. The van der Waals surface area contributed by atoms with Crippen molar-refractivity contribution in [3.8, 4) is 0 Å². The van der Waals surface area contributed by atoms with Crippen LogP contribution in [0.15, 0.2) is 18.2 Å². The van der Waals surface area contributed by atoms with Crippen LogP contribution in [0.25, 0.3) is 0 Å². The SMILES string of the molecule is Cc1ccc(F)cc1CNC(CCO)C(C)C. The zero-order valence-corrected chi connectivity index (χ0v) is 10.8. The van der Waals surface area contributed by atoms with Crippen molar-refractivity contribution in [2.24, 2.45) is 5.92 Å². The summed E-state index contributed by atoms with van der Waals surface area (Å²) in [7, 11) is 0. The molecule has 2 nitrogen and oxygen atoms in total. The van der Waals surface area contributed by atoms with Crippen molar-refractivity contribution < 1.29 is 9.50 Å². The normalized spacial score (nSPS) is 13.1. The van der Waals surface area contributed by atoms with Gasteiger partial charge < -0.3 is 10.4 Å². The first-order valence-corrected chi connectivity index (χ1v) is 6.14. The van der Waals surface area contributed by atoms with Crippen LogP contribution in [-0.4, -0.2) is 17.8 Å². The van der Waals surface area contributed by atoms with Gasteiger partial charge in [-0.15, -0.1) is 0 Å². The predicted octanol–water partition coefficient (Wildman–Crippen LogP) is 2.63. The lowest BCUT2D eigenvalue weighted by atomic mass is 10.0. The van der Waals surface area contributed by atoms with Crippen molar-refractivity contribution in [2.45, 2.75) is 39.8 Å². The van der Waals surface area contributed by atoms with E-state index in [4.69, 9.17) is 5.11 Å². The minimum atomic E-state index is -0.198. The highest BCUT2D eigenvalue weighted by atomic mass is 19.1. The average molecular weight is 239 g/mol. The van der Waals surface area contributed by atoms with Gasteiger partial charge in [0.1, 0.15) is 5.82 Å². The van der Waals surface area contributed by atoms with E-state index >= 15 is 0 Å². The van der Waals surface area contributed by atoms with Gasteiger partial charge in [0.25, 0.3) is 0 Å².